The van der Waals surface area contributed by atoms with Crippen molar-refractivity contribution in [2.75, 3.05) is 26.9 Å². The second-order valence-corrected chi connectivity index (χ2v) is 6.24. The molecule has 3 rings (SSSR count). The normalized spacial score (nSPS) is 23.8. The van der Waals surface area contributed by atoms with Gasteiger partial charge in [0.25, 0.3) is 0 Å². The van der Waals surface area contributed by atoms with E-state index in [1.165, 1.54) is 17.5 Å². The Morgan fingerprint density at radius 2 is 2.26 bits per heavy atom. The fourth-order valence-electron chi connectivity index (χ4n) is 3.20. The molecule has 104 valence electrons. The Morgan fingerprint density at radius 1 is 1.37 bits per heavy atom. The Hall–Kier alpha value is -0.580. The Morgan fingerprint density at radius 3 is 3.00 bits per heavy atom. The zero-order valence-electron chi connectivity index (χ0n) is 11.2. The van der Waals surface area contributed by atoms with Crippen LogP contribution in [0.5, 0.6) is 5.75 Å². The molecule has 3 nitrogen and oxygen atoms in total. The largest absolute Gasteiger partial charge is 0.493 e. The standard InChI is InChI=1S/C15H20BrNO2/c1-17-14(11-3-2-5-18-9-11)13-8-12(16)7-10-4-6-19-15(10)13/h7-8,11,14,17H,2-6,9H2,1H3. The van der Waals surface area contributed by atoms with Gasteiger partial charge >= 0.3 is 0 Å². The Labute approximate surface area is 122 Å². The molecular weight excluding hydrogens is 306 g/mol. The van der Waals surface area contributed by atoms with Crippen LogP contribution in [0.3, 0.4) is 0 Å². The van der Waals surface area contributed by atoms with Gasteiger partial charge in [0.15, 0.2) is 0 Å². The van der Waals surface area contributed by atoms with Gasteiger partial charge in [-0.15, -0.1) is 0 Å². The molecule has 2 aliphatic rings. The molecule has 1 saturated heterocycles. The van der Waals surface area contributed by atoms with Gasteiger partial charge in [-0.25, -0.2) is 0 Å². The average molecular weight is 326 g/mol. The number of rotatable bonds is 3. The van der Waals surface area contributed by atoms with E-state index in [0.717, 1.165) is 42.9 Å². The highest BCUT2D eigenvalue weighted by Gasteiger charge is 2.29. The van der Waals surface area contributed by atoms with E-state index in [-0.39, 0.29) is 0 Å². The van der Waals surface area contributed by atoms with Crippen molar-refractivity contribution in [2.45, 2.75) is 25.3 Å². The minimum atomic E-state index is 0.310. The first-order valence-corrected chi connectivity index (χ1v) is 7.79. The minimum absolute atomic E-state index is 0.310. The number of hydrogen-bond donors (Lipinski definition) is 1. The molecule has 0 aliphatic carbocycles. The molecule has 0 radical (unpaired) electrons. The van der Waals surface area contributed by atoms with Crippen molar-refractivity contribution in [3.63, 3.8) is 0 Å². The maximum absolute atomic E-state index is 5.86. The predicted octanol–water partition coefficient (Wildman–Crippen LogP) is 3.07. The Kier molecular flexibility index (Phi) is 4.10. The van der Waals surface area contributed by atoms with Crippen LogP contribution in [0.15, 0.2) is 16.6 Å². The van der Waals surface area contributed by atoms with Gasteiger partial charge in [0.1, 0.15) is 5.75 Å². The number of hydrogen-bond acceptors (Lipinski definition) is 3. The first kappa shape index (κ1) is 13.4. The van der Waals surface area contributed by atoms with E-state index >= 15 is 0 Å². The van der Waals surface area contributed by atoms with E-state index in [0.29, 0.717) is 12.0 Å². The summed E-state index contributed by atoms with van der Waals surface area (Å²) in [7, 11) is 2.03. The Balaban J connectivity index is 1.94. The van der Waals surface area contributed by atoms with E-state index < -0.39 is 0 Å². The topological polar surface area (TPSA) is 30.5 Å². The van der Waals surface area contributed by atoms with Crippen molar-refractivity contribution in [1.29, 1.82) is 0 Å². The lowest BCUT2D eigenvalue weighted by atomic mass is 9.87. The number of ether oxygens (including phenoxy) is 2. The fourth-order valence-corrected chi connectivity index (χ4v) is 3.73. The molecule has 1 aromatic carbocycles. The summed E-state index contributed by atoms with van der Waals surface area (Å²) in [6.45, 7) is 2.54. The molecule has 1 aromatic rings. The van der Waals surface area contributed by atoms with Crippen molar-refractivity contribution in [2.24, 2.45) is 5.92 Å². The summed E-state index contributed by atoms with van der Waals surface area (Å²) >= 11 is 3.62. The zero-order chi connectivity index (χ0) is 13.2. The molecule has 0 spiro atoms. The van der Waals surface area contributed by atoms with Gasteiger partial charge in [0.05, 0.1) is 13.2 Å². The minimum Gasteiger partial charge on any atom is -0.493 e. The number of fused-ring (bicyclic) bond motifs is 1. The van der Waals surface area contributed by atoms with E-state index in [1.807, 2.05) is 7.05 Å². The van der Waals surface area contributed by atoms with Crippen LogP contribution in [-0.4, -0.2) is 26.9 Å². The summed E-state index contributed by atoms with van der Waals surface area (Å²) in [4.78, 5) is 0. The average Bonchev–Trinajstić information content (AvgIpc) is 2.89. The second-order valence-electron chi connectivity index (χ2n) is 5.33. The van der Waals surface area contributed by atoms with Gasteiger partial charge in [-0.3, -0.25) is 0 Å². The molecule has 0 aromatic heterocycles. The SMILES string of the molecule is CNC(c1cc(Br)cc2c1OCC2)C1CCCOC1. The summed E-state index contributed by atoms with van der Waals surface area (Å²) in [5.41, 5.74) is 2.60. The molecule has 1 fully saturated rings. The van der Waals surface area contributed by atoms with Crippen LogP contribution in [0, 0.1) is 5.92 Å². The number of benzene rings is 1. The van der Waals surface area contributed by atoms with Gasteiger partial charge in [-0.05, 0) is 37.6 Å². The molecule has 19 heavy (non-hydrogen) atoms. The third-order valence-corrected chi connectivity index (χ3v) is 4.55. The third kappa shape index (κ3) is 2.67. The summed E-state index contributed by atoms with van der Waals surface area (Å²) in [6.07, 6.45) is 3.38. The molecule has 0 bridgehead atoms. The highest BCUT2D eigenvalue weighted by molar-refractivity contribution is 9.10. The third-order valence-electron chi connectivity index (χ3n) is 4.09. The van der Waals surface area contributed by atoms with Crippen LogP contribution < -0.4 is 10.1 Å². The highest BCUT2D eigenvalue weighted by atomic mass is 79.9. The van der Waals surface area contributed by atoms with Crippen molar-refractivity contribution in [3.05, 3.63) is 27.7 Å². The molecule has 2 atom stereocenters. The van der Waals surface area contributed by atoms with Gasteiger partial charge < -0.3 is 14.8 Å². The molecule has 0 saturated carbocycles. The van der Waals surface area contributed by atoms with Crippen molar-refractivity contribution < 1.29 is 9.47 Å². The van der Waals surface area contributed by atoms with E-state index in [4.69, 9.17) is 9.47 Å². The number of halogens is 1. The maximum atomic E-state index is 5.86. The second kappa shape index (κ2) is 5.81. The molecular formula is C15H20BrNO2. The summed E-state index contributed by atoms with van der Waals surface area (Å²) in [6, 6.07) is 4.68. The first-order chi connectivity index (χ1) is 9.29. The van der Waals surface area contributed by atoms with Gasteiger partial charge in [0, 0.05) is 35.0 Å². The monoisotopic (exact) mass is 325 g/mol. The van der Waals surface area contributed by atoms with E-state index in [2.05, 4.69) is 33.4 Å². The van der Waals surface area contributed by atoms with Crippen molar-refractivity contribution in [3.8, 4) is 5.75 Å². The highest BCUT2D eigenvalue weighted by Crippen LogP contribution is 2.40. The molecule has 0 amide bonds. The fraction of sp³-hybridized carbons (Fsp3) is 0.600. The van der Waals surface area contributed by atoms with Crippen LogP contribution in [0.25, 0.3) is 0 Å². The zero-order valence-corrected chi connectivity index (χ0v) is 12.8. The summed E-state index contributed by atoms with van der Waals surface area (Å²) in [5, 5.41) is 3.46. The van der Waals surface area contributed by atoms with Crippen LogP contribution in [0.1, 0.15) is 30.0 Å². The number of nitrogens with one attached hydrogen (secondary N) is 1. The van der Waals surface area contributed by atoms with Gasteiger partial charge in [0.2, 0.25) is 0 Å². The Bertz CT molecular complexity index is 458. The lowest BCUT2D eigenvalue weighted by Gasteiger charge is -2.31. The molecule has 1 N–H and O–H groups in total. The van der Waals surface area contributed by atoms with Crippen LogP contribution in [-0.2, 0) is 11.2 Å². The smallest absolute Gasteiger partial charge is 0.127 e. The summed E-state index contributed by atoms with van der Waals surface area (Å²) < 4.78 is 12.6. The molecule has 2 unspecified atom stereocenters. The first-order valence-electron chi connectivity index (χ1n) is 6.99. The lowest BCUT2D eigenvalue weighted by molar-refractivity contribution is 0.0398. The van der Waals surface area contributed by atoms with Gasteiger partial charge in [-0.2, -0.15) is 0 Å². The van der Waals surface area contributed by atoms with E-state index in [1.54, 1.807) is 0 Å². The molecule has 2 heterocycles. The van der Waals surface area contributed by atoms with Crippen molar-refractivity contribution in [1.82, 2.24) is 5.32 Å². The molecule has 2 aliphatic heterocycles. The van der Waals surface area contributed by atoms with Gasteiger partial charge in [-0.1, -0.05) is 15.9 Å². The van der Waals surface area contributed by atoms with Crippen molar-refractivity contribution >= 4 is 15.9 Å². The van der Waals surface area contributed by atoms with Crippen LogP contribution >= 0.6 is 15.9 Å². The predicted molar refractivity (Wildman–Crippen MR) is 78.7 cm³/mol. The quantitative estimate of drug-likeness (QED) is 0.926. The van der Waals surface area contributed by atoms with Crippen LogP contribution in [0.2, 0.25) is 0 Å². The van der Waals surface area contributed by atoms with Crippen LogP contribution in [0.4, 0.5) is 0 Å². The molecule has 4 heteroatoms. The maximum Gasteiger partial charge on any atom is 0.127 e. The summed E-state index contributed by atoms with van der Waals surface area (Å²) in [5.74, 6) is 1.62. The van der Waals surface area contributed by atoms with E-state index in [9.17, 15) is 0 Å². The lowest BCUT2D eigenvalue weighted by Crippen LogP contribution is -2.31.